The summed E-state index contributed by atoms with van der Waals surface area (Å²) in [5.41, 5.74) is -2.00. The average Bonchev–Trinajstić information content (AvgIpc) is 2.32. The predicted octanol–water partition coefficient (Wildman–Crippen LogP) is 5.88. The van der Waals surface area contributed by atoms with Gasteiger partial charge in [-0.2, -0.15) is 13.2 Å². The second-order valence-electron chi connectivity index (χ2n) is 9.88. The van der Waals surface area contributed by atoms with Crippen LogP contribution in [0.1, 0.15) is 62.3 Å². The number of rotatable bonds is 2. The van der Waals surface area contributed by atoms with Gasteiger partial charge in [0.25, 0.3) is 0 Å². The van der Waals surface area contributed by atoms with Gasteiger partial charge in [0, 0.05) is 11.0 Å². The molecule has 0 N–H and O–H groups in total. The maximum Gasteiger partial charge on any atom is 0.411 e. The van der Waals surface area contributed by atoms with E-state index >= 15 is 0 Å². The Morgan fingerprint density at radius 3 is 1.72 bits per heavy atom. The Kier molecular flexibility index (Phi) is 5.49. The van der Waals surface area contributed by atoms with Gasteiger partial charge >= 0.3 is 6.18 Å². The number of hydrogen-bond acceptors (Lipinski definition) is 2. The third-order valence-electron chi connectivity index (χ3n) is 4.49. The lowest BCUT2D eigenvalue weighted by Gasteiger charge is -2.46. The monoisotopic (exact) mass is 360 g/mol. The summed E-state index contributed by atoms with van der Waals surface area (Å²) >= 11 is 0. The first-order valence-electron chi connectivity index (χ1n) is 8.52. The molecule has 1 aliphatic rings. The van der Waals surface area contributed by atoms with Gasteiger partial charge in [0.1, 0.15) is 6.61 Å². The van der Waals surface area contributed by atoms with E-state index < -0.39 is 29.2 Å². The second-order valence-corrected chi connectivity index (χ2v) is 9.88. The molecule has 0 spiro atoms. The quantitative estimate of drug-likeness (QED) is 0.615. The summed E-state index contributed by atoms with van der Waals surface area (Å²) in [5, 5.41) is 0. The fraction of sp³-hybridized carbons (Fsp3) is 0.750. The van der Waals surface area contributed by atoms with Crippen molar-refractivity contribution >= 4 is 5.78 Å². The Morgan fingerprint density at radius 2 is 1.40 bits per heavy atom. The van der Waals surface area contributed by atoms with Crippen LogP contribution in [0.3, 0.4) is 0 Å². The van der Waals surface area contributed by atoms with Gasteiger partial charge in [0.15, 0.2) is 11.4 Å². The number of allylic oxidation sites excluding steroid dienone is 2. The minimum Gasteiger partial charge on any atom is -0.353 e. The molecule has 0 aliphatic heterocycles. The van der Waals surface area contributed by atoms with Crippen molar-refractivity contribution in [2.75, 3.05) is 6.61 Å². The van der Waals surface area contributed by atoms with Gasteiger partial charge in [0.2, 0.25) is 0 Å². The maximum absolute atomic E-state index is 13.3. The van der Waals surface area contributed by atoms with Crippen molar-refractivity contribution in [1.82, 2.24) is 0 Å². The summed E-state index contributed by atoms with van der Waals surface area (Å²) in [6.07, 6.45) is -1.07. The topological polar surface area (TPSA) is 26.3 Å². The van der Waals surface area contributed by atoms with Gasteiger partial charge in [-0.15, -0.1) is 0 Å². The minimum atomic E-state index is -4.50. The summed E-state index contributed by atoms with van der Waals surface area (Å²) in [7, 11) is 0. The summed E-state index contributed by atoms with van der Waals surface area (Å²) < 4.78 is 44.0. The van der Waals surface area contributed by atoms with Crippen LogP contribution in [0.15, 0.2) is 23.3 Å². The molecule has 0 aromatic heterocycles. The van der Waals surface area contributed by atoms with Crippen molar-refractivity contribution < 1.29 is 22.7 Å². The van der Waals surface area contributed by atoms with E-state index in [-0.39, 0.29) is 11.2 Å². The molecule has 0 bridgehead atoms. The molecule has 25 heavy (non-hydrogen) atoms. The highest BCUT2D eigenvalue weighted by atomic mass is 19.4. The molecule has 0 aromatic carbocycles. The number of hydrogen-bond donors (Lipinski definition) is 0. The number of ether oxygens (including phenoxy) is 1. The Labute approximate surface area is 149 Å². The van der Waals surface area contributed by atoms with Crippen LogP contribution >= 0.6 is 0 Å². The normalized spacial score (nSPS) is 23.4. The van der Waals surface area contributed by atoms with Crippen molar-refractivity contribution in [2.45, 2.75) is 74.1 Å². The molecule has 1 rings (SSSR count). The van der Waals surface area contributed by atoms with Crippen LogP contribution in [-0.4, -0.2) is 24.2 Å². The van der Waals surface area contributed by atoms with Gasteiger partial charge in [-0.1, -0.05) is 68.4 Å². The van der Waals surface area contributed by atoms with E-state index in [0.717, 1.165) is 5.57 Å². The van der Waals surface area contributed by atoms with Crippen LogP contribution in [0.2, 0.25) is 0 Å². The predicted molar refractivity (Wildman–Crippen MR) is 94.3 cm³/mol. The van der Waals surface area contributed by atoms with E-state index in [1.54, 1.807) is 26.8 Å². The number of Topliss-reactive ketones (excluding diaryl/α,β-unsaturated/α-hetero) is 1. The number of carbonyl (C=O) groups excluding carboxylic acids is 1. The lowest BCUT2D eigenvalue weighted by atomic mass is 9.63. The second kappa shape index (κ2) is 6.26. The maximum atomic E-state index is 13.3. The van der Waals surface area contributed by atoms with Crippen LogP contribution in [0, 0.1) is 16.2 Å². The molecular formula is C20H31F3O2. The molecule has 0 aromatic rings. The van der Waals surface area contributed by atoms with E-state index in [1.165, 1.54) is 0 Å². The molecule has 0 saturated carbocycles. The van der Waals surface area contributed by atoms with Crippen LogP contribution in [-0.2, 0) is 9.53 Å². The number of halogens is 3. The average molecular weight is 360 g/mol. The minimum absolute atomic E-state index is 0.324. The fourth-order valence-corrected chi connectivity index (χ4v) is 2.81. The first-order valence-corrected chi connectivity index (χ1v) is 8.52. The highest BCUT2D eigenvalue weighted by Gasteiger charge is 2.54. The molecule has 2 nitrogen and oxygen atoms in total. The van der Waals surface area contributed by atoms with Crippen molar-refractivity contribution in [3.63, 3.8) is 0 Å². The zero-order valence-electron chi connectivity index (χ0n) is 16.8. The summed E-state index contributed by atoms with van der Waals surface area (Å²) in [6, 6.07) is 0. The van der Waals surface area contributed by atoms with Crippen LogP contribution in [0.4, 0.5) is 13.2 Å². The Morgan fingerprint density at radius 1 is 0.920 bits per heavy atom. The molecule has 1 atom stereocenters. The fourth-order valence-electron chi connectivity index (χ4n) is 2.81. The zero-order chi connectivity index (χ0) is 20.1. The smallest absolute Gasteiger partial charge is 0.353 e. The SMILES string of the molecule is CC(C)(C)C1=C[C@@](OCC(F)(F)F)(C(C)(C)C)C(=O)C(C(C)(C)C)=C1. The molecule has 144 valence electrons. The van der Waals surface area contributed by atoms with Crippen LogP contribution in [0.25, 0.3) is 0 Å². The molecule has 0 heterocycles. The van der Waals surface area contributed by atoms with Crippen LogP contribution in [0.5, 0.6) is 0 Å². The van der Waals surface area contributed by atoms with Gasteiger partial charge < -0.3 is 4.74 Å². The lowest BCUT2D eigenvalue weighted by Crippen LogP contribution is -2.55. The molecule has 0 saturated heterocycles. The molecule has 0 fully saturated rings. The van der Waals surface area contributed by atoms with Gasteiger partial charge in [-0.05, 0) is 22.5 Å². The van der Waals surface area contributed by atoms with E-state index in [1.807, 2.05) is 47.6 Å². The molecule has 0 unspecified atom stereocenters. The Bertz CT molecular complexity index is 590. The van der Waals surface area contributed by atoms with E-state index in [4.69, 9.17) is 4.74 Å². The van der Waals surface area contributed by atoms with E-state index in [2.05, 4.69) is 0 Å². The number of carbonyl (C=O) groups is 1. The van der Waals surface area contributed by atoms with Crippen molar-refractivity contribution in [3.05, 3.63) is 23.3 Å². The highest BCUT2D eigenvalue weighted by molar-refractivity contribution is 6.06. The first-order chi connectivity index (χ1) is 10.8. The third kappa shape index (κ3) is 4.75. The first kappa shape index (κ1) is 21.9. The summed E-state index contributed by atoms with van der Waals surface area (Å²) in [5.74, 6) is -0.384. The molecule has 0 amide bonds. The van der Waals surface area contributed by atoms with Crippen molar-refractivity contribution in [2.24, 2.45) is 16.2 Å². The molecular weight excluding hydrogens is 329 g/mol. The van der Waals surface area contributed by atoms with E-state index in [9.17, 15) is 18.0 Å². The third-order valence-corrected chi connectivity index (χ3v) is 4.49. The van der Waals surface area contributed by atoms with E-state index in [0.29, 0.717) is 5.57 Å². The Hall–Kier alpha value is -1.10. The number of ketones is 1. The lowest BCUT2D eigenvalue weighted by molar-refractivity contribution is -0.211. The summed E-state index contributed by atoms with van der Waals surface area (Å²) in [4.78, 5) is 13.3. The highest BCUT2D eigenvalue weighted by Crippen LogP contribution is 2.48. The largest absolute Gasteiger partial charge is 0.411 e. The van der Waals surface area contributed by atoms with Crippen molar-refractivity contribution in [3.8, 4) is 0 Å². The van der Waals surface area contributed by atoms with Crippen LogP contribution < -0.4 is 0 Å². The number of alkyl halides is 3. The van der Waals surface area contributed by atoms with Gasteiger partial charge in [-0.25, -0.2) is 0 Å². The molecule has 1 aliphatic carbocycles. The van der Waals surface area contributed by atoms with Crippen molar-refractivity contribution in [1.29, 1.82) is 0 Å². The summed E-state index contributed by atoms with van der Waals surface area (Å²) in [6.45, 7) is 15.4. The standard InChI is InChI=1S/C20H31F3O2/c1-16(2,3)13-10-14(17(4,5)6)15(24)19(11-13,18(7,8)9)25-12-20(21,22)23/h10-11H,12H2,1-9H3/t19-/m0/s1. The van der Waals surface area contributed by atoms with Gasteiger partial charge in [-0.3, -0.25) is 4.79 Å². The molecule has 0 radical (unpaired) electrons. The molecule has 5 heteroatoms. The zero-order valence-corrected chi connectivity index (χ0v) is 16.8. The Balaban J connectivity index is 3.66. The van der Waals surface area contributed by atoms with Gasteiger partial charge in [0.05, 0.1) is 0 Å².